The Kier molecular flexibility index (Phi) is 7.76. The minimum atomic E-state index is -3.66. The average Bonchev–Trinajstić information content (AvgIpc) is 2.78. The van der Waals surface area contributed by atoms with E-state index in [0.717, 1.165) is 24.8 Å². The number of unbranched alkanes of at least 4 members (excludes halogenated alkanes) is 2. The van der Waals surface area contributed by atoms with E-state index in [1.54, 1.807) is 36.4 Å². The molecule has 0 aliphatic carbocycles. The van der Waals surface area contributed by atoms with Crippen LogP contribution in [0, 0.1) is 6.92 Å². The highest BCUT2D eigenvalue weighted by Crippen LogP contribution is 2.14. The minimum absolute atomic E-state index is 0.0238. The van der Waals surface area contributed by atoms with Gasteiger partial charge >= 0.3 is 0 Å². The van der Waals surface area contributed by atoms with E-state index in [0.29, 0.717) is 17.3 Å². The quantitative estimate of drug-likeness (QED) is 0.456. The van der Waals surface area contributed by atoms with Crippen molar-refractivity contribution in [3.05, 3.63) is 70.1 Å². The second-order valence-corrected chi connectivity index (χ2v) is 9.36. The third-order valence-electron chi connectivity index (χ3n) is 5.09. The minimum Gasteiger partial charge on any atom is -0.349 e. The number of benzene rings is 2. The third kappa shape index (κ3) is 5.60. The van der Waals surface area contributed by atoms with Gasteiger partial charge in [0.2, 0.25) is 10.0 Å². The molecule has 0 atom stereocenters. The Bertz CT molecular complexity index is 1250. The van der Waals surface area contributed by atoms with Crippen molar-refractivity contribution in [3.63, 3.8) is 0 Å². The summed E-state index contributed by atoms with van der Waals surface area (Å²) in [7, 11) is -3.66. The van der Waals surface area contributed by atoms with Crippen molar-refractivity contribution in [2.45, 2.75) is 44.6 Å². The molecule has 0 radical (unpaired) electrons. The molecule has 32 heavy (non-hydrogen) atoms. The van der Waals surface area contributed by atoms with Gasteiger partial charge in [-0.2, -0.15) is 5.10 Å². The Labute approximate surface area is 187 Å². The first-order valence-electron chi connectivity index (χ1n) is 10.7. The van der Waals surface area contributed by atoms with Crippen LogP contribution in [0.25, 0.3) is 10.8 Å². The molecular formula is C23H28N4O4S. The first-order valence-corrected chi connectivity index (χ1v) is 12.2. The average molecular weight is 457 g/mol. The van der Waals surface area contributed by atoms with Gasteiger partial charge in [0.1, 0.15) is 0 Å². The summed E-state index contributed by atoms with van der Waals surface area (Å²) < 4.78 is 28.5. The lowest BCUT2D eigenvalue weighted by Gasteiger charge is -2.12. The maximum atomic E-state index is 12.8. The predicted molar refractivity (Wildman–Crippen MR) is 124 cm³/mol. The Morgan fingerprint density at radius 3 is 2.38 bits per heavy atom. The molecule has 0 aliphatic heterocycles. The van der Waals surface area contributed by atoms with E-state index >= 15 is 0 Å². The van der Waals surface area contributed by atoms with Crippen LogP contribution >= 0.6 is 0 Å². The normalized spacial score (nSPS) is 11.6. The molecule has 8 nitrogen and oxygen atoms in total. The summed E-state index contributed by atoms with van der Waals surface area (Å²) in [5.74, 6) is -0.458. The van der Waals surface area contributed by atoms with Crippen molar-refractivity contribution in [2.24, 2.45) is 0 Å². The summed E-state index contributed by atoms with van der Waals surface area (Å²) in [5, 5.41) is 7.91. The summed E-state index contributed by atoms with van der Waals surface area (Å²) in [5.41, 5.74) is 0.893. The van der Waals surface area contributed by atoms with E-state index in [2.05, 4.69) is 22.1 Å². The van der Waals surface area contributed by atoms with E-state index in [1.807, 2.05) is 6.92 Å². The van der Waals surface area contributed by atoms with Gasteiger partial charge in [0.05, 0.1) is 10.3 Å². The predicted octanol–water partition coefficient (Wildman–Crippen LogP) is 2.60. The van der Waals surface area contributed by atoms with E-state index in [9.17, 15) is 18.0 Å². The van der Waals surface area contributed by atoms with Gasteiger partial charge in [0.25, 0.3) is 11.5 Å². The van der Waals surface area contributed by atoms with Crippen molar-refractivity contribution in [3.8, 4) is 0 Å². The van der Waals surface area contributed by atoms with Gasteiger partial charge in [-0.25, -0.2) is 17.8 Å². The summed E-state index contributed by atoms with van der Waals surface area (Å²) in [6.07, 6.45) is 2.77. The molecule has 0 aliphatic rings. The zero-order valence-corrected chi connectivity index (χ0v) is 19.1. The second kappa shape index (κ2) is 10.5. The number of hydrogen-bond acceptors (Lipinski definition) is 5. The molecule has 0 spiro atoms. The number of carbonyl (C=O) groups excluding carboxylic acids is 1. The number of rotatable bonds is 10. The molecule has 0 unspecified atom stereocenters. The Balaban J connectivity index is 1.70. The summed E-state index contributed by atoms with van der Waals surface area (Å²) >= 11 is 0. The Hall–Kier alpha value is -3.04. The number of amides is 1. The molecule has 0 saturated heterocycles. The highest BCUT2D eigenvalue weighted by atomic mass is 32.2. The van der Waals surface area contributed by atoms with Gasteiger partial charge in [-0.1, -0.05) is 55.7 Å². The molecule has 1 aromatic heterocycles. The molecule has 3 aromatic rings. The lowest BCUT2D eigenvalue weighted by atomic mass is 10.1. The molecule has 2 aromatic carbocycles. The van der Waals surface area contributed by atoms with Crippen LogP contribution < -0.4 is 15.6 Å². The topological polar surface area (TPSA) is 110 Å². The van der Waals surface area contributed by atoms with Crippen molar-refractivity contribution in [1.29, 1.82) is 0 Å². The van der Waals surface area contributed by atoms with Crippen LogP contribution in [0.1, 0.15) is 42.2 Å². The largest absolute Gasteiger partial charge is 0.349 e. The van der Waals surface area contributed by atoms with E-state index < -0.39 is 15.9 Å². The molecule has 2 N–H and O–H groups in total. The molecule has 3 rings (SSSR count). The van der Waals surface area contributed by atoms with Crippen LogP contribution in [0.2, 0.25) is 0 Å². The van der Waals surface area contributed by atoms with Gasteiger partial charge in [-0.3, -0.25) is 9.59 Å². The lowest BCUT2D eigenvalue weighted by Crippen LogP contribution is -2.36. The zero-order chi connectivity index (χ0) is 23.1. The summed E-state index contributed by atoms with van der Waals surface area (Å²) in [6.45, 7) is 4.49. The van der Waals surface area contributed by atoms with Crippen molar-refractivity contribution in [1.82, 2.24) is 19.8 Å². The highest BCUT2D eigenvalue weighted by Gasteiger charge is 2.17. The summed E-state index contributed by atoms with van der Waals surface area (Å²) in [6, 6.07) is 13.4. The monoisotopic (exact) mass is 456 g/mol. The lowest BCUT2D eigenvalue weighted by molar-refractivity contribution is 0.0948. The Morgan fingerprint density at radius 1 is 1.00 bits per heavy atom. The van der Waals surface area contributed by atoms with Gasteiger partial charge in [-0.05, 0) is 31.5 Å². The SMILES string of the molecule is CCCCCn1nc(C(=O)NCCNS(=O)(=O)c2ccc(C)cc2)c2ccccc2c1=O. The molecular weight excluding hydrogens is 428 g/mol. The second-order valence-electron chi connectivity index (χ2n) is 7.60. The highest BCUT2D eigenvalue weighted by molar-refractivity contribution is 7.89. The van der Waals surface area contributed by atoms with Crippen molar-refractivity contribution < 1.29 is 13.2 Å². The van der Waals surface area contributed by atoms with Crippen LogP contribution in [-0.2, 0) is 16.6 Å². The maximum Gasteiger partial charge on any atom is 0.274 e. The number of nitrogens with zero attached hydrogens (tertiary/aromatic N) is 2. The molecule has 0 fully saturated rings. The van der Waals surface area contributed by atoms with Gasteiger partial charge in [-0.15, -0.1) is 0 Å². The van der Waals surface area contributed by atoms with E-state index in [-0.39, 0.29) is 29.2 Å². The molecule has 0 saturated carbocycles. The van der Waals surface area contributed by atoms with Crippen LogP contribution in [0.15, 0.2) is 58.2 Å². The zero-order valence-electron chi connectivity index (χ0n) is 18.3. The molecule has 1 amide bonds. The number of carbonyl (C=O) groups is 1. The fourth-order valence-electron chi connectivity index (χ4n) is 3.31. The molecule has 1 heterocycles. The maximum absolute atomic E-state index is 12.8. The van der Waals surface area contributed by atoms with Crippen LogP contribution in [0.3, 0.4) is 0 Å². The number of aromatic nitrogens is 2. The smallest absolute Gasteiger partial charge is 0.274 e. The van der Waals surface area contributed by atoms with Crippen LogP contribution in [-0.4, -0.2) is 37.2 Å². The number of hydrogen-bond donors (Lipinski definition) is 2. The fraction of sp³-hybridized carbons (Fsp3) is 0.348. The van der Waals surface area contributed by atoms with E-state index in [4.69, 9.17) is 0 Å². The molecule has 170 valence electrons. The standard InChI is InChI=1S/C23H28N4O4S/c1-3-4-7-16-27-23(29)20-9-6-5-8-19(20)21(26-27)22(28)24-14-15-25-32(30,31)18-12-10-17(2)11-13-18/h5-6,8-13,25H,3-4,7,14-16H2,1-2H3,(H,24,28). The number of nitrogens with one attached hydrogen (secondary N) is 2. The Morgan fingerprint density at radius 2 is 1.69 bits per heavy atom. The van der Waals surface area contributed by atoms with Gasteiger partial charge in [0, 0.05) is 25.0 Å². The van der Waals surface area contributed by atoms with Crippen LogP contribution in [0.4, 0.5) is 0 Å². The first-order chi connectivity index (χ1) is 15.3. The fourth-order valence-corrected chi connectivity index (χ4v) is 4.34. The van der Waals surface area contributed by atoms with Crippen molar-refractivity contribution >= 4 is 26.7 Å². The number of fused-ring (bicyclic) bond motifs is 1. The van der Waals surface area contributed by atoms with Crippen molar-refractivity contribution in [2.75, 3.05) is 13.1 Å². The molecule has 0 bridgehead atoms. The summed E-state index contributed by atoms with van der Waals surface area (Å²) in [4.78, 5) is 25.7. The van der Waals surface area contributed by atoms with Gasteiger partial charge < -0.3 is 5.32 Å². The number of sulfonamides is 1. The van der Waals surface area contributed by atoms with E-state index in [1.165, 1.54) is 16.8 Å². The molecule has 9 heteroatoms. The van der Waals surface area contributed by atoms with Gasteiger partial charge in [0.15, 0.2) is 5.69 Å². The number of aryl methyl sites for hydroxylation is 2. The first kappa shape index (κ1) is 23.6. The third-order valence-corrected chi connectivity index (χ3v) is 6.57. The van der Waals surface area contributed by atoms with Crippen LogP contribution in [0.5, 0.6) is 0 Å².